The average Bonchev–Trinajstić information content (AvgIpc) is 3.12. The molecular formula is C18H18FN7O2. The lowest BCUT2D eigenvalue weighted by Gasteiger charge is -2.47. The molecule has 2 atom stereocenters. The van der Waals surface area contributed by atoms with E-state index in [9.17, 15) is 14.3 Å². The monoisotopic (exact) mass is 383 g/mol. The van der Waals surface area contributed by atoms with Gasteiger partial charge in [0.25, 0.3) is 0 Å². The Morgan fingerprint density at radius 1 is 1.21 bits per heavy atom. The highest BCUT2D eigenvalue weighted by molar-refractivity contribution is 5.88. The Bertz CT molecular complexity index is 1050. The minimum atomic E-state index is -0.769. The molecule has 3 aliphatic rings. The third-order valence-electron chi connectivity index (χ3n) is 5.97. The Labute approximate surface area is 158 Å². The third-order valence-corrected chi connectivity index (χ3v) is 5.97. The predicted molar refractivity (Wildman–Crippen MR) is 96.7 cm³/mol. The van der Waals surface area contributed by atoms with Crippen LogP contribution in [0.15, 0.2) is 18.5 Å². The summed E-state index contributed by atoms with van der Waals surface area (Å²) < 4.78 is 13.6. The van der Waals surface area contributed by atoms with Crippen LogP contribution in [0.25, 0.3) is 22.6 Å². The molecule has 3 N–H and O–H groups in total. The van der Waals surface area contributed by atoms with E-state index in [1.807, 2.05) is 0 Å². The van der Waals surface area contributed by atoms with E-state index >= 15 is 0 Å². The van der Waals surface area contributed by atoms with E-state index in [1.165, 1.54) is 12.3 Å². The summed E-state index contributed by atoms with van der Waals surface area (Å²) in [6.45, 7) is 0. The molecule has 144 valence electrons. The lowest BCUT2D eigenvalue weighted by molar-refractivity contribution is -0.148. The second kappa shape index (κ2) is 6.47. The Hall–Kier alpha value is -3.17. The van der Waals surface area contributed by atoms with Crippen LogP contribution in [0.1, 0.15) is 25.7 Å². The Morgan fingerprint density at radius 2 is 2.00 bits per heavy atom. The van der Waals surface area contributed by atoms with Gasteiger partial charge >= 0.3 is 5.97 Å². The smallest absolute Gasteiger partial charge is 0.308 e. The molecule has 0 spiro atoms. The number of aromatic nitrogens is 6. The first kappa shape index (κ1) is 17.0. The van der Waals surface area contributed by atoms with Crippen LogP contribution in [0.2, 0.25) is 0 Å². The van der Waals surface area contributed by atoms with Crippen molar-refractivity contribution in [1.82, 2.24) is 30.4 Å². The first-order chi connectivity index (χ1) is 13.6. The first-order valence-electron chi connectivity index (χ1n) is 9.29. The van der Waals surface area contributed by atoms with Crippen molar-refractivity contribution in [3.8, 4) is 11.5 Å². The maximum Gasteiger partial charge on any atom is 0.308 e. The van der Waals surface area contributed by atoms with E-state index in [2.05, 4.69) is 35.7 Å². The fourth-order valence-electron chi connectivity index (χ4n) is 4.71. The SMILES string of the molecule is O=C(O)C1C2CCC(CC2)C1Nc1cnnc(-c2n[nH]c3ncc(F)cc23)n1. The number of nitrogens with one attached hydrogen (secondary N) is 2. The molecule has 28 heavy (non-hydrogen) atoms. The number of carbonyl (C=O) groups is 1. The van der Waals surface area contributed by atoms with Crippen LogP contribution < -0.4 is 5.32 Å². The van der Waals surface area contributed by atoms with E-state index in [4.69, 9.17) is 0 Å². The normalized spacial score (nSPS) is 26.5. The Balaban J connectivity index is 1.47. The van der Waals surface area contributed by atoms with Crippen LogP contribution >= 0.6 is 0 Å². The summed E-state index contributed by atoms with van der Waals surface area (Å²) in [4.78, 5) is 20.2. The summed E-state index contributed by atoms with van der Waals surface area (Å²) >= 11 is 0. The van der Waals surface area contributed by atoms with Gasteiger partial charge in [0, 0.05) is 6.04 Å². The van der Waals surface area contributed by atoms with Gasteiger partial charge < -0.3 is 10.4 Å². The number of carboxylic acid groups (broad SMARTS) is 1. The van der Waals surface area contributed by atoms with Crippen molar-refractivity contribution in [2.45, 2.75) is 31.7 Å². The number of carboxylic acids is 1. The van der Waals surface area contributed by atoms with Crippen molar-refractivity contribution in [3.05, 3.63) is 24.3 Å². The van der Waals surface area contributed by atoms with E-state index in [0.29, 0.717) is 28.5 Å². The van der Waals surface area contributed by atoms with Crippen LogP contribution in [0, 0.1) is 23.6 Å². The van der Waals surface area contributed by atoms with E-state index in [-0.39, 0.29) is 17.8 Å². The number of rotatable bonds is 4. The maximum atomic E-state index is 13.6. The number of halogens is 1. The zero-order chi connectivity index (χ0) is 19.3. The highest BCUT2D eigenvalue weighted by Crippen LogP contribution is 2.46. The highest BCUT2D eigenvalue weighted by Gasteiger charge is 2.47. The summed E-state index contributed by atoms with van der Waals surface area (Å²) in [5.74, 6) is -0.539. The van der Waals surface area contributed by atoms with Gasteiger partial charge in [0.2, 0.25) is 5.82 Å². The summed E-state index contributed by atoms with van der Waals surface area (Å²) in [5.41, 5.74) is 0.770. The van der Waals surface area contributed by atoms with Crippen molar-refractivity contribution in [3.63, 3.8) is 0 Å². The molecule has 0 aromatic carbocycles. The van der Waals surface area contributed by atoms with Crippen molar-refractivity contribution in [2.75, 3.05) is 5.32 Å². The van der Waals surface area contributed by atoms with Crippen LogP contribution in [0.5, 0.6) is 0 Å². The van der Waals surface area contributed by atoms with Gasteiger partial charge in [0.15, 0.2) is 5.65 Å². The van der Waals surface area contributed by atoms with Crippen molar-refractivity contribution >= 4 is 22.8 Å². The number of fused-ring (bicyclic) bond motifs is 4. The van der Waals surface area contributed by atoms with E-state index in [1.54, 1.807) is 0 Å². The molecule has 9 nitrogen and oxygen atoms in total. The molecule has 0 amide bonds. The van der Waals surface area contributed by atoms with Crippen molar-refractivity contribution < 1.29 is 14.3 Å². The Kier molecular flexibility index (Phi) is 3.92. The van der Waals surface area contributed by atoms with Gasteiger partial charge in [-0.25, -0.2) is 14.4 Å². The Morgan fingerprint density at radius 3 is 2.79 bits per heavy atom. The van der Waals surface area contributed by atoms with Crippen molar-refractivity contribution in [2.24, 2.45) is 17.8 Å². The van der Waals surface area contributed by atoms with Crippen LogP contribution in [-0.2, 0) is 4.79 Å². The summed E-state index contributed by atoms with van der Waals surface area (Å²) in [6, 6.07) is 1.12. The number of pyridine rings is 1. The molecule has 2 unspecified atom stereocenters. The lowest BCUT2D eigenvalue weighted by Crippen LogP contribution is -2.51. The zero-order valence-corrected chi connectivity index (χ0v) is 14.8. The molecule has 10 heteroatoms. The lowest BCUT2D eigenvalue weighted by atomic mass is 9.61. The van der Waals surface area contributed by atoms with Gasteiger partial charge in [-0.05, 0) is 43.6 Å². The predicted octanol–water partition coefficient (Wildman–Crippen LogP) is 2.25. The number of nitrogens with zero attached hydrogens (tertiary/aromatic N) is 5. The molecule has 2 bridgehead atoms. The molecule has 3 aromatic heterocycles. The van der Waals surface area contributed by atoms with E-state index in [0.717, 1.165) is 31.9 Å². The van der Waals surface area contributed by atoms with Gasteiger partial charge in [-0.3, -0.25) is 9.89 Å². The largest absolute Gasteiger partial charge is 0.481 e. The molecule has 3 heterocycles. The molecule has 0 saturated heterocycles. The van der Waals surface area contributed by atoms with Crippen LogP contribution in [0.3, 0.4) is 0 Å². The van der Waals surface area contributed by atoms with Gasteiger partial charge in [-0.1, -0.05) is 0 Å². The standard InChI is InChI=1S/C18H18FN7O2/c19-10-5-11-15(24-26-16(11)20-6-10)17-23-12(7-21-25-17)22-14-9-3-1-8(2-4-9)13(14)18(27)28/h5-9,13-14H,1-4H2,(H,27,28)(H,20,24,26)(H,22,23,25). The van der Waals surface area contributed by atoms with Crippen LogP contribution in [0.4, 0.5) is 10.2 Å². The third kappa shape index (κ3) is 2.76. The second-order valence-electron chi connectivity index (χ2n) is 7.50. The summed E-state index contributed by atoms with van der Waals surface area (Å²) in [5, 5.41) is 28.3. The number of H-pyrrole nitrogens is 1. The zero-order valence-electron chi connectivity index (χ0n) is 14.8. The minimum absolute atomic E-state index is 0.190. The number of aromatic amines is 1. The number of hydrogen-bond donors (Lipinski definition) is 3. The molecule has 3 saturated carbocycles. The summed E-state index contributed by atoms with van der Waals surface area (Å²) in [7, 11) is 0. The molecule has 0 radical (unpaired) electrons. The molecular weight excluding hydrogens is 365 g/mol. The fraction of sp³-hybridized carbons (Fsp3) is 0.444. The van der Waals surface area contributed by atoms with E-state index < -0.39 is 17.7 Å². The number of aliphatic carboxylic acids is 1. The van der Waals surface area contributed by atoms with Gasteiger partial charge in [-0.2, -0.15) is 10.2 Å². The minimum Gasteiger partial charge on any atom is -0.481 e. The van der Waals surface area contributed by atoms with Gasteiger partial charge in [0.1, 0.15) is 17.3 Å². The quantitative estimate of drug-likeness (QED) is 0.625. The number of anilines is 1. The molecule has 3 fully saturated rings. The summed E-state index contributed by atoms with van der Waals surface area (Å²) in [6.07, 6.45) is 6.54. The van der Waals surface area contributed by atoms with Crippen molar-refractivity contribution in [1.29, 1.82) is 0 Å². The van der Waals surface area contributed by atoms with Gasteiger partial charge in [-0.15, -0.1) is 5.10 Å². The second-order valence-corrected chi connectivity index (χ2v) is 7.50. The number of hydrogen-bond acceptors (Lipinski definition) is 7. The topological polar surface area (TPSA) is 130 Å². The van der Waals surface area contributed by atoms with Crippen LogP contribution in [-0.4, -0.2) is 47.5 Å². The fourth-order valence-corrected chi connectivity index (χ4v) is 4.71. The average molecular weight is 383 g/mol. The highest BCUT2D eigenvalue weighted by atomic mass is 19.1. The van der Waals surface area contributed by atoms with Gasteiger partial charge in [0.05, 0.1) is 23.7 Å². The molecule has 0 aliphatic heterocycles. The first-order valence-corrected chi connectivity index (χ1v) is 9.29. The molecule has 6 rings (SSSR count). The molecule has 3 aliphatic carbocycles. The maximum absolute atomic E-state index is 13.6. The molecule has 3 aromatic rings.